The van der Waals surface area contributed by atoms with E-state index in [1.54, 1.807) is 12.1 Å². The highest BCUT2D eigenvalue weighted by molar-refractivity contribution is 7.92. The number of amides is 1. The van der Waals surface area contributed by atoms with E-state index in [1.807, 2.05) is 0 Å². The molecule has 2 aliphatic carbocycles. The summed E-state index contributed by atoms with van der Waals surface area (Å²) >= 11 is 0.679. The maximum atomic E-state index is 13.6. The molecule has 0 bridgehead atoms. The van der Waals surface area contributed by atoms with Crippen molar-refractivity contribution >= 4 is 32.2 Å². The van der Waals surface area contributed by atoms with E-state index >= 15 is 0 Å². The summed E-state index contributed by atoms with van der Waals surface area (Å²) in [5.74, 6) is -1.56. The molecule has 2 aromatic rings. The highest BCUT2D eigenvalue weighted by Gasteiger charge is 2.38. The lowest BCUT2D eigenvalue weighted by molar-refractivity contribution is -0.118. The Morgan fingerprint density at radius 3 is 2.33 bits per heavy atom. The molecule has 0 saturated heterocycles. The third kappa shape index (κ3) is 4.54. The molecule has 5 nitrogen and oxygen atoms in total. The van der Waals surface area contributed by atoms with Crippen LogP contribution in [0, 0.1) is 11.0 Å². The van der Waals surface area contributed by atoms with Crippen molar-refractivity contribution in [2.45, 2.75) is 60.5 Å². The van der Waals surface area contributed by atoms with E-state index in [2.05, 4.69) is 10.3 Å². The van der Waals surface area contributed by atoms with Crippen LogP contribution in [0.3, 0.4) is 0 Å². The summed E-state index contributed by atoms with van der Waals surface area (Å²) in [6.45, 7) is 0. The monoisotopic (exact) mass is 458 g/mol. The van der Waals surface area contributed by atoms with Gasteiger partial charge in [-0.3, -0.25) is 4.79 Å². The molecule has 0 aliphatic heterocycles. The Hall–Kier alpha value is -1.94. The van der Waals surface area contributed by atoms with Gasteiger partial charge in [0.2, 0.25) is 5.91 Å². The smallest absolute Gasteiger partial charge is 0.233 e. The second kappa shape index (κ2) is 8.30. The van der Waals surface area contributed by atoms with Crippen molar-refractivity contribution in [3.05, 3.63) is 41.2 Å². The van der Waals surface area contributed by atoms with Crippen molar-refractivity contribution in [2.75, 3.05) is 5.32 Å². The van der Waals surface area contributed by atoms with Crippen LogP contribution < -0.4 is 5.32 Å². The fraction of sp³-hybridized carbons (Fsp3) is 0.500. The Bertz CT molecular complexity index is 1010. The molecule has 0 spiro atoms. The van der Waals surface area contributed by atoms with E-state index in [-0.39, 0.29) is 40.5 Å². The minimum absolute atomic E-state index is 0.0327. The summed E-state index contributed by atoms with van der Waals surface area (Å²) in [6, 6.07) is 6.07. The maximum absolute atomic E-state index is 13.6. The molecule has 2 saturated carbocycles. The number of halogens is 3. The largest absolute Gasteiger partial charge is 0.301 e. The van der Waals surface area contributed by atoms with E-state index in [1.165, 1.54) is 12.1 Å². The predicted octanol–water partition coefficient (Wildman–Crippen LogP) is 4.42. The fourth-order valence-electron chi connectivity index (χ4n) is 3.91. The zero-order valence-corrected chi connectivity index (χ0v) is 17.6. The minimum Gasteiger partial charge on any atom is -0.301 e. The molecule has 1 aromatic heterocycles. The van der Waals surface area contributed by atoms with Crippen molar-refractivity contribution in [3.63, 3.8) is 0 Å². The number of carbonyl (C=O) groups is 1. The van der Waals surface area contributed by atoms with Gasteiger partial charge in [-0.15, -0.1) is 0 Å². The van der Waals surface area contributed by atoms with E-state index in [4.69, 9.17) is 0 Å². The average Bonchev–Trinajstić information content (AvgIpc) is 3.42. The van der Waals surface area contributed by atoms with Crippen molar-refractivity contribution in [3.8, 4) is 0 Å². The van der Waals surface area contributed by atoms with Crippen molar-refractivity contribution in [2.24, 2.45) is 5.92 Å². The Morgan fingerprint density at radius 1 is 1.17 bits per heavy atom. The number of thiazole rings is 1. The first kappa shape index (κ1) is 21.3. The van der Waals surface area contributed by atoms with Gasteiger partial charge in [0.25, 0.3) is 0 Å². The Morgan fingerprint density at radius 2 is 1.80 bits per heavy atom. The fourth-order valence-corrected chi connectivity index (χ4v) is 6.12. The number of sulfone groups is 1. The first-order valence-electron chi connectivity index (χ1n) is 9.78. The molecular formula is C20H21F3N2O3S2. The highest BCUT2D eigenvalue weighted by Crippen LogP contribution is 2.39. The molecule has 2 aliphatic rings. The van der Waals surface area contributed by atoms with Gasteiger partial charge in [0.15, 0.2) is 20.1 Å². The van der Waals surface area contributed by atoms with Gasteiger partial charge in [0, 0.05) is 0 Å². The van der Waals surface area contributed by atoms with Crippen LogP contribution in [0.25, 0.3) is 0 Å². The Balaban J connectivity index is 1.56. The summed E-state index contributed by atoms with van der Waals surface area (Å²) in [6.07, 6.45) is -0.530. The van der Waals surface area contributed by atoms with Crippen LogP contribution in [-0.4, -0.2) is 36.9 Å². The second-order valence-corrected chi connectivity index (χ2v) is 11.1. The molecule has 1 aromatic carbocycles. The number of nitrogens with zero attached hydrogens (tertiary/aromatic N) is 1. The van der Waals surface area contributed by atoms with Gasteiger partial charge >= 0.3 is 0 Å². The average molecular weight is 459 g/mol. The van der Waals surface area contributed by atoms with Crippen molar-refractivity contribution in [1.82, 2.24) is 4.98 Å². The molecule has 10 heteroatoms. The molecule has 162 valence electrons. The van der Waals surface area contributed by atoms with E-state index < -0.39 is 39.1 Å². The molecule has 1 amide bonds. The van der Waals surface area contributed by atoms with Crippen molar-refractivity contribution < 1.29 is 26.4 Å². The van der Waals surface area contributed by atoms with Crippen LogP contribution in [0.15, 0.2) is 35.4 Å². The lowest BCUT2D eigenvalue weighted by Crippen LogP contribution is -2.23. The van der Waals surface area contributed by atoms with Gasteiger partial charge in [-0.25, -0.2) is 22.2 Å². The number of benzene rings is 1. The number of anilines is 1. The molecular weight excluding hydrogens is 437 g/mol. The first-order chi connectivity index (χ1) is 14.2. The number of hydrogen-bond acceptors (Lipinski definition) is 5. The number of hydrogen-bond donors (Lipinski definition) is 1. The molecule has 1 heterocycles. The van der Waals surface area contributed by atoms with Crippen LogP contribution in [0.5, 0.6) is 0 Å². The third-order valence-electron chi connectivity index (χ3n) is 5.68. The van der Waals surface area contributed by atoms with Gasteiger partial charge in [-0.1, -0.05) is 23.5 Å². The van der Waals surface area contributed by atoms with Gasteiger partial charge < -0.3 is 5.32 Å². The normalized spacial score (nSPS) is 25.2. The first-order valence-corrected chi connectivity index (χ1v) is 12.1. The van der Waals surface area contributed by atoms with Crippen molar-refractivity contribution in [1.29, 1.82) is 0 Å². The van der Waals surface area contributed by atoms with E-state index in [0.29, 0.717) is 29.7 Å². The Kier molecular flexibility index (Phi) is 5.89. The van der Waals surface area contributed by atoms with Gasteiger partial charge in [0.05, 0.1) is 22.3 Å². The number of nitrogens with one attached hydrogen (secondary N) is 1. The molecule has 30 heavy (non-hydrogen) atoms. The molecule has 4 atom stereocenters. The minimum atomic E-state index is -3.36. The summed E-state index contributed by atoms with van der Waals surface area (Å²) in [5.41, 5.74) is 0.539. The zero-order valence-electron chi connectivity index (χ0n) is 15.9. The van der Waals surface area contributed by atoms with Gasteiger partial charge in [-0.2, -0.15) is 4.39 Å². The Labute approximate surface area is 176 Å². The molecule has 1 N–H and O–H groups in total. The van der Waals surface area contributed by atoms with E-state index in [0.717, 1.165) is 6.20 Å². The zero-order chi connectivity index (χ0) is 21.5. The summed E-state index contributed by atoms with van der Waals surface area (Å²) in [4.78, 5) is 16.9. The molecule has 0 radical (unpaired) electrons. The quantitative estimate of drug-likeness (QED) is 0.667. The number of alkyl halides is 2. The van der Waals surface area contributed by atoms with Crippen LogP contribution in [0.1, 0.15) is 43.6 Å². The van der Waals surface area contributed by atoms with E-state index in [9.17, 15) is 26.4 Å². The third-order valence-corrected chi connectivity index (χ3v) is 8.66. The standard InChI is InChI=1S/C20H21F3N2O3S2/c21-16-8-11(9-17(16)22)7-15(19(26)25-20-24-10-18(23)29-20)12-1-3-13(4-2-12)30(27,28)14-5-6-14/h1-4,10-11,14-17H,5-9H2,(H,24,25,26)/t11-,15?,16+,17-. The molecule has 4 rings (SSSR count). The van der Waals surface area contributed by atoms with Crippen LogP contribution in [0.4, 0.5) is 18.3 Å². The lowest BCUT2D eigenvalue weighted by Gasteiger charge is -2.20. The van der Waals surface area contributed by atoms with Gasteiger partial charge in [0.1, 0.15) is 12.3 Å². The predicted molar refractivity (Wildman–Crippen MR) is 107 cm³/mol. The maximum Gasteiger partial charge on any atom is 0.233 e. The lowest BCUT2D eigenvalue weighted by atomic mass is 9.87. The number of aromatic nitrogens is 1. The number of rotatable bonds is 7. The summed E-state index contributed by atoms with van der Waals surface area (Å²) in [7, 11) is -3.36. The highest BCUT2D eigenvalue weighted by atomic mass is 32.2. The molecule has 1 unspecified atom stereocenters. The topological polar surface area (TPSA) is 76.1 Å². The van der Waals surface area contributed by atoms with Crippen LogP contribution >= 0.6 is 11.3 Å². The molecule has 2 fully saturated rings. The SMILES string of the molecule is O=C(Nc1ncc(F)s1)C(C[C@H]1C[C@@H](F)[C@@H](F)C1)c1ccc(S(=O)(=O)C2CC2)cc1. The summed E-state index contributed by atoms with van der Waals surface area (Å²) < 4.78 is 65.3. The van der Waals surface area contributed by atoms with Crippen LogP contribution in [0.2, 0.25) is 0 Å². The second-order valence-electron chi connectivity index (χ2n) is 7.93. The summed E-state index contributed by atoms with van der Waals surface area (Å²) in [5, 5.41) is 1.75. The number of carbonyl (C=O) groups excluding carboxylic acids is 1. The van der Waals surface area contributed by atoms with Gasteiger partial charge in [-0.05, 0) is 55.7 Å². The van der Waals surface area contributed by atoms with Crippen LogP contribution in [-0.2, 0) is 14.6 Å².